The minimum Gasteiger partial charge on any atom is -0.482 e. The van der Waals surface area contributed by atoms with Crippen molar-refractivity contribution >= 4 is 23.7 Å². The molecular formula is C20H20N2O6. The average molecular weight is 384 g/mol. The van der Waals surface area contributed by atoms with Crippen molar-refractivity contribution in [1.29, 1.82) is 0 Å². The first-order chi connectivity index (χ1) is 13.4. The Morgan fingerprint density at radius 3 is 2.36 bits per heavy atom. The molecule has 0 saturated carbocycles. The lowest BCUT2D eigenvalue weighted by atomic mass is 10.1. The lowest BCUT2D eigenvalue weighted by Crippen LogP contribution is -2.41. The van der Waals surface area contributed by atoms with Crippen LogP contribution in [0, 0.1) is 0 Å². The molecule has 0 fully saturated rings. The number of hydrogen-bond acceptors (Lipinski definition) is 6. The van der Waals surface area contributed by atoms with Crippen LogP contribution in [0.3, 0.4) is 0 Å². The van der Waals surface area contributed by atoms with Crippen LogP contribution in [-0.2, 0) is 14.3 Å². The van der Waals surface area contributed by atoms with Crippen LogP contribution in [-0.4, -0.2) is 37.3 Å². The predicted octanol–water partition coefficient (Wildman–Crippen LogP) is 2.01. The first-order valence-electron chi connectivity index (χ1n) is 8.41. The molecule has 0 aromatic heterocycles. The molecule has 0 radical (unpaired) electrons. The van der Waals surface area contributed by atoms with Crippen LogP contribution in [0.5, 0.6) is 5.75 Å². The van der Waals surface area contributed by atoms with Crippen LogP contribution in [0.1, 0.15) is 28.9 Å². The summed E-state index contributed by atoms with van der Waals surface area (Å²) in [7, 11) is 1.36. The van der Waals surface area contributed by atoms with Crippen LogP contribution in [0.25, 0.3) is 0 Å². The summed E-state index contributed by atoms with van der Waals surface area (Å²) in [6, 6.07) is 13.9. The van der Waals surface area contributed by atoms with Gasteiger partial charge in [0.25, 0.3) is 5.91 Å². The number of nitrogens with one attached hydrogen (secondary N) is 2. The van der Waals surface area contributed by atoms with Gasteiger partial charge in [0.1, 0.15) is 5.75 Å². The Labute approximate surface area is 161 Å². The van der Waals surface area contributed by atoms with Gasteiger partial charge in [-0.3, -0.25) is 14.9 Å². The number of rotatable bonds is 7. The fourth-order valence-electron chi connectivity index (χ4n) is 2.25. The van der Waals surface area contributed by atoms with Gasteiger partial charge in [0.15, 0.2) is 12.4 Å². The van der Waals surface area contributed by atoms with E-state index in [0.717, 1.165) is 0 Å². The van der Waals surface area contributed by atoms with E-state index in [9.17, 15) is 19.2 Å². The maximum atomic E-state index is 12.3. The third kappa shape index (κ3) is 5.94. The topological polar surface area (TPSA) is 111 Å². The molecule has 0 spiro atoms. The van der Waals surface area contributed by atoms with Crippen molar-refractivity contribution in [3.05, 3.63) is 65.7 Å². The molecule has 3 amide bonds. The summed E-state index contributed by atoms with van der Waals surface area (Å²) in [5.74, 6) is -1.43. The number of imide groups is 1. The summed E-state index contributed by atoms with van der Waals surface area (Å²) in [5.41, 5.74) is 0.841. The van der Waals surface area contributed by atoms with Crippen molar-refractivity contribution in [3.8, 4) is 5.75 Å². The SMILES string of the molecule is CNC(=O)NC(=O)[C@@H](OC(=O)COc1cccc(C(C)=O)c1)c1ccccc1. The van der Waals surface area contributed by atoms with Gasteiger partial charge in [-0.1, -0.05) is 42.5 Å². The number of ether oxygens (including phenoxy) is 2. The van der Waals surface area contributed by atoms with E-state index < -0.39 is 30.6 Å². The maximum absolute atomic E-state index is 12.3. The fourth-order valence-corrected chi connectivity index (χ4v) is 2.25. The van der Waals surface area contributed by atoms with Crippen LogP contribution >= 0.6 is 0 Å². The van der Waals surface area contributed by atoms with Crippen LogP contribution < -0.4 is 15.4 Å². The van der Waals surface area contributed by atoms with Gasteiger partial charge in [0, 0.05) is 18.2 Å². The molecule has 0 aliphatic rings. The second kappa shape index (κ2) is 9.86. The molecule has 2 rings (SSSR count). The van der Waals surface area contributed by atoms with E-state index in [1.165, 1.54) is 20.0 Å². The number of carbonyl (C=O) groups excluding carboxylic acids is 4. The molecular weight excluding hydrogens is 364 g/mol. The summed E-state index contributed by atoms with van der Waals surface area (Å²) < 4.78 is 10.6. The number of benzene rings is 2. The van der Waals surface area contributed by atoms with Gasteiger partial charge in [-0.25, -0.2) is 9.59 Å². The highest BCUT2D eigenvalue weighted by molar-refractivity contribution is 5.97. The Balaban J connectivity index is 2.05. The Morgan fingerprint density at radius 1 is 1.00 bits per heavy atom. The summed E-state index contributed by atoms with van der Waals surface area (Å²) in [5, 5.41) is 4.34. The molecule has 0 heterocycles. The molecule has 2 aromatic carbocycles. The minimum atomic E-state index is -1.32. The van der Waals surface area contributed by atoms with Crippen molar-refractivity contribution in [2.45, 2.75) is 13.0 Å². The summed E-state index contributed by atoms with van der Waals surface area (Å²) >= 11 is 0. The van der Waals surface area contributed by atoms with Crippen LogP contribution in [0.4, 0.5) is 4.79 Å². The van der Waals surface area contributed by atoms with Gasteiger partial charge in [0.2, 0.25) is 6.10 Å². The van der Waals surface area contributed by atoms with E-state index in [0.29, 0.717) is 16.9 Å². The highest BCUT2D eigenvalue weighted by Crippen LogP contribution is 2.19. The summed E-state index contributed by atoms with van der Waals surface area (Å²) in [4.78, 5) is 47.3. The normalized spacial score (nSPS) is 11.1. The predicted molar refractivity (Wildman–Crippen MR) is 99.8 cm³/mol. The number of esters is 1. The summed E-state index contributed by atoms with van der Waals surface area (Å²) in [6.07, 6.45) is -1.32. The molecule has 2 aromatic rings. The third-order valence-corrected chi connectivity index (χ3v) is 3.65. The number of urea groups is 1. The Morgan fingerprint density at radius 2 is 1.71 bits per heavy atom. The van der Waals surface area contributed by atoms with Crippen LogP contribution in [0.2, 0.25) is 0 Å². The second-order valence-corrected chi connectivity index (χ2v) is 5.72. The van der Waals surface area contributed by atoms with E-state index in [4.69, 9.17) is 9.47 Å². The van der Waals surface area contributed by atoms with Gasteiger partial charge >= 0.3 is 12.0 Å². The van der Waals surface area contributed by atoms with E-state index in [1.807, 2.05) is 0 Å². The molecule has 146 valence electrons. The van der Waals surface area contributed by atoms with E-state index in [-0.39, 0.29) is 5.78 Å². The lowest BCUT2D eigenvalue weighted by molar-refractivity contribution is -0.158. The molecule has 2 N–H and O–H groups in total. The molecule has 8 nitrogen and oxygen atoms in total. The van der Waals surface area contributed by atoms with Crippen molar-refractivity contribution in [2.24, 2.45) is 0 Å². The molecule has 1 atom stereocenters. The van der Waals surface area contributed by atoms with Gasteiger partial charge in [-0.05, 0) is 19.1 Å². The lowest BCUT2D eigenvalue weighted by Gasteiger charge is -2.17. The molecule has 0 aliphatic carbocycles. The fraction of sp³-hybridized carbons (Fsp3) is 0.200. The van der Waals surface area contributed by atoms with E-state index in [1.54, 1.807) is 48.5 Å². The smallest absolute Gasteiger partial charge is 0.345 e. The van der Waals surface area contributed by atoms with Crippen molar-refractivity contribution in [1.82, 2.24) is 10.6 Å². The Kier molecular flexibility index (Phi) is 7.27. The van der Waals surface area contributed by atoms with Gasteiger partial charge < -0.3 is 14.8 Å². The van der Waals surface area contributed by atoms with Gasteiger partial charge in [0.05, 0.1) is 0 Å². The molecule has 0 bridgehead atoms. The van der Waals surface area contributed by atoms with Crippen molar-refractivity contribution < 1.29 is 28.7 Å². The molecule has 8 heteroatoms. The van der Waals surface area contributed by atoms with Gasteiger partial charge in [-0.2, -0.15) is 0 Å². The zero-order valence-electron chi connectivity index (χ0n) is 15.4. The standard InChI is InChI=1S/C20H20N2O6/c1-13(23)15-9-6-10-16(11-15)27-12-17(24)28-18(14-7-4-3-5-8-14)19(25)22-20(26)21-2/h3-11,18H,12H2,1-2H3,(H2,21,22,25,26)/t18-/m0/s1. The third-order valence-electron chi connectivity index (χ3n) is 3.65. The summed E-state index contributed by atoms with van der Waals surface area (Å²) in [6.45, 7) is 0.945. The highest BCUT2D eigenvalue weighted by Gasteiger charge is 2.26. The zero-order chi connectivity index (χ0) is 20.5. The molecule has 28 heavy (non-hydrogen) atoms. The van der Waals surface area contributed by atoms with E-state index in [2.05, 4.69) is 10.6 Å². The Hall–Kier alpha value is -3.68. The molecule has 0 saturated heterocycles. The second-order valence-electron chi connectivity index (χ2n) is 5.72. The number of amides is 3. The van der Waals surface area contributed by atoms with Crippen molar-refractivity contribution in [3.63, 3.8) is 0 Å². The Bertz CT molecular complexity index is 866. The van der Waals surface area contributed by atoms with Crippen molar-refractivity contribution in [2.75, 3.05) is 13.7 Å². The largest absolute Gasteiger partial charge is 0.482 e. The molecule has 0 aliphatic heterocycles. The number of Topliss-reactive ketones (excluding diaryl/α,β-unsaturated/α-hetero) is 1. The van der Waals surface area contributed by atoms with E-state index >= 15 is 0 Å². The first kappa shape index (κ1) is 20.6. The number of hydrogen-bond donors (Lipinski definition) is 2. The molecule has 0 unspecified atom stereocenters. The minimum absolute atomic E-state index is 0.136. The first-order valence-corrected chi connectivity index (χ1v) is 8.41. The van der Waals surface area contributed by atoms with Crippen LogP contribution in [0.15, 0.2) is 54.6 Å². The zero-order valence-corrected chi connectivity index (χ0v) is 15.4. The average Bonchev–Trinajstić information content (AvgIpc) is 2.71. The highest BCUT2D eigenvalue weighted by atomic mass is 16.6. The quantitative estimate of drug-likeness (QED) is 0.558. The monoisotopic (exact) mass is 384 g/mol. The number of ketones is 1. The van der Waals surface area contributed by atoms with Gasteiger partial charge in [-0.15, -0.1) is 0 Å². The maximum Gasteiger partial charge on any atom is 0.345 e. The number of carbonyl (C=O) groups is 4.